The summed E-state index contributed by atoms with van der Waals surface area (Å²) in [5.74, 6) is 0.757. The Kier molecular flexibility index (Phi) is 4.53. The summed E-state index contributed by atoms with van der Waals surface area (Å²) in [6, 6.07) is 13.5. The van der Waals surface area contributed by atoms with E-state index >= 15 is 0 Å². The van der Waals surface area contributed by atoms with Crippen molar-refractivity contribution in [2.45, 2.75) is 6.42 Å². The predicted molar refractivity (Wildman–Crippen MR) is 110 cm³/mol. The Morgan fingerprint density at radius 1 is 1.22 bits per heavy atom. The van der Waals surface area contributed by atoms with E-state index in [4.69, 9.17) is 4.74 Å². The second kappa shape index (κ2) is 6.86. The average molecular weight is 402 g/mol. The largest absolute Gasteiger partial charge is 0.495 e. The number of hydrogen-bond acceptors (Lipinski definition) is 6. The number of nitrogens with one attached hydrogen (secondary N) is 1. The van der Waals surface area contributed by atoms with E-state index in [2.05, 4.69) is 10.3 Å². The average Bonchev–Trinajstić information content (AvgIpc) is 3.28. The maximum atomic E-state index is 11.9. The van der Waals surface area contributed by atoms with E-state index in [9.17, 15) is 8.42 Å². The number of fused-ring (bicyclic) bond motifs is 1. The topological polar surface area (TPSA) is 71.5 Å². The number of hydrogen-bond donors (Lipinski definition) is 1. The molecule has 0 atom stereocenters. The van der Waals surface area contributed by atoms with Gasteiger partial charge in [0.1, 0.15) is 5.75 Å². The lowest BCUT2D eigenvalue weighted by atomic mass is 10.1. The van der Waals surface area contributed by atoms with Gasteiger partial charge in [-0.05, 0) is 36.2 Å². The van der Waals surface area contributed by atoms with E-state index in [0.717, 1.165) is 39.1 Å². The van der Waals surface area contributed by atoms with Crippen molar-refractivity contribution in [1.29, 1.82) is 0 Å². The maximum absolute atomic E-state index is 11.9. The number of thiazole rings is 1. The zero-order valence-corrected chi connectivity index (χ0v) is 16.6. The summed E-state index contributed by atoms with van der Waals surface area (Å²) >= 11 is 1.51. The van der Waals surface area contributed by atoms with Gasteiger partial charge >= 0.3 is 0 Å². The molecule has 0 saturated heterocycles. The normalized spacial score (nSPS) is 13.5. The molecule has 0 saturated carbocycles. The smallest absolute Gasteiger partial charge is 0.232 e. The lowest BCUT2D eigenvalue weighted by molar-refractivity contribution is 0.417. The van der Waals surface area contributed by atoms with Crippen LogP contribution in [0.3, 0.4) is 0 Å². The first-order valence-electron chi connectivity index (χ1n) is 8.42. The third kappa shape index (κ3) is 3.50. The van der Waals surface area contributed by atoms with Gasteiger partial charge in [-0.3, -0.25) is 4.31 Å². The molecule has 0 bridgehead atoms. The molecule has 1 aliphatic rings. The van der Waals surface area contributed by atoms with Crippen LogP contribution in [-0.2, 0) is 16.4 Å². The van der Waals surface area contributed by atoms with Gasteiger partial charge in [0, 0.05) is 17.5 Å². The first-order valence-corrected chi connectivity index (χ1v) is 11.1. The SMILES string of the molecule is COc1ccccc1Nc1nc(-c2ccc3c(c2)CCN3S(C)(=O)=O)cs1. The fraction of sp³-hybridized carbons (Fsp3) is 0.211. The van der Waals surface area contributed by atoms with E-state index in [0.29, 0.717) is 13.0 Å². The molecule has 3 aromatic rings. The highest BCUT2D eigenvalue weighted by Gasteiger charge is 2.26. The Hall–Kier alpha value is -2.58. The van der Waals surface area contributed by atoms with Crippen molar-refractivity contribution in [3.8, 4) is 17.0 Å². The summed E-state index contributed by atoms with van der Waals surface area (Å²) in [4.78, 5) is 4.66. The minimum atomic E-state index is -3.23. The highest BCUT2D eigenvalue weighted by molar-refractivity contribution is 7.92. The number of benzene rings is 2. The summed E-state index contributed by atoms with van der Waals surface area (Å²) in [7, 11) is -1.60. The Morgan fingerprint density at radius 3 is 2.81 bits per heavy atom. The quantitative estimate of drug-likeness (QED) is 0.702. The standard InChI is InChI=1S/C19H19N3O3S2/c1-25-18-6-4-3-5-15(18)20-19-21-16(12-26-19)13-7-8-17-14(11-13)9-10-22(17)27(2,23)24/h3-8,11-12H,9-10H2,1-2H3,(H,20,21). The first-order chi connectivity index (χ1) is 13.0. The van der Waals surface area contributed by atoms with Gasteiger partial charge in [-0.2, -0.15) is 0 Å². The molecule has 1 aromatic heterocycles. The Bertz CT molecular complexity index is 1090. The Morgan fingerprint density at radius 2 is 2.04 bits per heavy atom. The number of para-hydroxylation sites is 2. The van der Waals surface area contributed by atoms with Crippen molar-refractivity contribution >= 4 is 37.9 Å². The minimum absolute atomic E-state index is 0.495. The number of ether oxygens (including phenoxy) is 1. The highest BCUT2D eigenvalue weighted by atomic mass is 32.2. The minimum Gasteiger partial charge on any atom is -0.495 e. The van der Waals surface area contributed by atoms with Crippen LogP contribution in [0.15, 0.2) is 47.8 Å². The third-order valence-corrected chi connectivity index (χ3v) is 6.42. The second-order valence-electron chi connectivity index (χ2n) is 6.29. The van der Waals surface area contributed by atoms with E-state index in [1.807, 2.05) is 47.8 Å². The van der Waals surface area contributed by atoms with Crippen molar-refractivity contribution < 1.29 is 13.2 Å². The van der Waals surface area contributed by atoms with Crippen LogP contribution in [0.2, 0.25) is 0 Å². The molecule has 8 heteroatoms. The van der Waals surface area contributed by atoms with Crippen LogP contribution in [-0.4, -0.2) is 33.3 Å². The van der Waals surface area contributed by atoms with Gasteiger partial charge < -0.3 is 10.1 Å². The molecular weight excluding hydrogens is 382 g/mol. The number of aromatic nitrogens is 1. The van der Waals surface area contributed by atoms with Gasteiger partial charge in [-0.25, -0.2) is 13.4 Å². The predicted octanol–water partition coefficient (Wildman–Crippen LogP) is 3.88. The monoisotopic (exact) mass is 401 g/mol. The molecule has 6 nitrogen and oxygen atoms in total. The first kappa shape index (κ1) is 17.8. The molecule has 27 heavy (non-hydrogen) atoms. The van der Waals surface area contributed by atoms with E-state index in [-0.39, 0.29) is 0 Å². The van der Waals surface area contributed by atoms with Crippen molar-refractivity contribution in [2.24, 2.45) is 0 Å². The van der Waals surface area contributed by atoms with Gasteiger partial charge in [0.2, 0.25) is 10.0 Å². The summed E-state index contributed by atoms with van der Waals surface area (Å²) < 4.78 is 30.6. The van der Waals surface area contributed by atoms with Gasteiger partial charge in [0.15, 0.2) is 5.13 Å². The van der Waals surface area contributed by atoms with Crippen LogP contribution in [0.25, 0.3) is 11.3 Å². The lowest BCUT2D eigenvalue weighted by Crippen LogP contribution is -2.27. The number of anilines is 3. The number of sulfonamides is 1. The number of rotatable bonds is 5. The molecule has 1 N–H and O–H groups in total. The van der Waals surface area contributed by atoms with Crippen LogP contribution in [0.4, 0.5) is 16.5 Å². The van der Waals surface area contributed by atoms with Crippen molar-refractivity contribution in [2.75, 3.05) is 29.5 Å². The molecule has 0 unspecified atom stereocenters. The molecule has 1 aliphatic heterocycles. The fourth-order valence-electron chi connectivity index (χ4n) is 3.20. The van der Waals surface area contributed by atoms with Crippen molar-refractivity contribution in [1.82, 2.24) is 4.98 Å². The van der Waals surface area contributed by atoms with E-state index < -0.39 is 10.0 Å². The van der Waals surface area contributed by atoms with Crippen LogP contribution >= 0.6 is 11.3 Å². The van der Waals surface area contributed by atoms with Gasteiger partial charge in [0.25, 0.3) is 0 Å². The molecule has 0 aliphatic carbocycles. The number of methoxy groups -OCH3 is 1. The fourth-order valence-corrected chi connectivity index (χ4v) is 4.89. The molecule has 2 heterocycles. The summed E-state index contributed by atoms with van der Waals surface area (Å²) in [6.45, 7) is 0.495. The van der Waals surface area contributed by atoms with Crippen molar-refractivity contribution in [3.05, 3.63) is 53.4 Å². The molecule has 140 valence electrons. The molecule has 4 rings (SSSR count). The molecular formula is C19H19N3O3S2. The highest BCUT2D eigenvalue weighted by Crippen LogP contribution is 2.35. The van der Waals surface area contributed by atoms with Crippen LogP contribution in [0.5, 0.6) is 5.75 Å². The molecule has 0 spiro atoms. The van der Waals surface area contributed by atoms with Crippen LogP contribution in [0.1, 0.15) is 5.56 Å². The molecule has 2 aromatic carbocycles. The zero-order chi connectivity index (χ0) is 19.0. The van der Waals surface area contributed by atoms with E-state index in [1.165, 1.54) is 21.9 Å². The van der Waals surface area contributed by atoms with Gasteiger partial charge in [-0.15, -0.1) is 11.3 Å². The van der Waals surface area contributed by atoms with Gasteiger partial charge in [0.05, 0.1) is 30.4 Å². The van der Waals surface area contributed by atoms with Crippen LogP contribution in [0, 0.1) is 0 Å². The molecule has 0 radical (unpaired) electrons. The number of nitrogens with zero attached hydrogens (tertiary/aromatic N) is 2. The molecule has 0 fully saturated rings. The third-order valence-electron chi connectivity index (χ3n) is 4.48. The Balaban J connectivity index is 1.59. The maximum Gasteiger partial charge on any atom is 0.232 e. The summed E-state index contributed by atoms with van der Waals surface area (Å²) in [5.41, 5.74) is 4.50. The van der Waals surface area contributed by atoms with Crippen molar-refractivity contribution in [3.63, 3.8) is 0 Å². The van der Waals surface area contributed by atoms with Gasteiger partial charge in [-0.1, -0.05) is 18.2 Å². The van der Waals surface area contributed by atoms with Crippen LogP contribution < -0.4 is 14.4 Å². The summed E-state index contributed by atoms with van der Waals surface area (Å²) in [6.07, 6.45) is 1.96. The Labute approximate surface area is 162 Å². The zero-order valence-electron chi connectivity index (χ0n) is 15.0. The lowest BCUT2D eigenvalue weighted by Gasteiger charge is -2.16. The van der Waals surface area contributed by atoms with E-state index in [1.54, 1.807) is 7.11 Å². The second-order valence-corrected chi connectivity index (χ2v) is 9.06. The molecule has 0 amide bonds. The summed E-state index contributed by atoms with van der Waals surface area (Å²) in [5, 5.41) is 6.05.